The van der Waals surface area contributed by atoms with Gasteiger partial charge in [0.2, 0.25) is 5.75 Å². The molecule has 0 spiro atoms. The van der Waals surface area contributed by atoms with Crippen molar-refractivity contribution < 1.29 is 33.6 Å². The quantitative estimate of drug-likeness (QED) is 0.325. The van der Waals surface area contributed by atoms with E-state index in [9.17, 15) is 29.8 Å². The van der Waals surface area contributed by atoms with Crippen LogP contribution in [0, 0.1) is 20.2 Å². The number of carbonyl (C=O) groups excluding carboxylic acids is 2. The van der Waals surface area contributed by atoms with Gasteiger partial charge in [0, 0.05) is 48.8 Å². The number of hydrogen-bond acceptors (Lipinski definition) is 9. The van der Waals surface area contributed by atoms with Gasteiger partial charge in [0.15, 0.2) is 23.1 Å². The predicted molar refractivity (Wildman–Crippen MR) is 133 cm³/mol. The Morgan fingerprint density at radius 2 is 1.47 bits per heavy atom. The van der Waals surface area contributed by atoms with Gasteiger partial charge in [-0.15, -0.1) is 0 Å². The number of Topliss-reactive ketones (excluding diaryl/α,β-unsaturated/α-hetero) is 2. The summed E-state index contributed by atoms with van der Waals surface area (Å²) < 4.78 is 17.7. The van der Waals surface area contributed by atoms with Crippen LogP contribution in [-0.2, 0) is 14.3 Å². The summed E-state index contributed by atoms with van der Waals surface area (Å²) in [5.74, 6) is 0.713. The average Bonchev–Trinajstić information content (AvgIpc) is 2.89. The molecule has 5 rings (SSSR count). The van der Waals surface area contributed by atoms with Crippen molar-refractivity contribution in [2.75, 3.05) is 6.61 Å². The lowest BCUT2D eigenvalue weighted by atomic mass is 9.73. The zero-order valence-electron chi connectivity index (χ0n) is 20.6. The molecule has 1 aliphatic heterocycles. The lowest BCUT2D eigenvalue weighted by Crippen LogP contribution is -2.30. The highest BCUT2D eigenvalue weighted by Crippen LogP contribution is 2.49. The minimum atomic E-state index is -0.759. The van der Waals surface area contributed by atoms with E-state index >= 15 is 0 Å². The highest BCUT2D eigenvalue weighted by molar-refractivity contribution is 6.05. The maximum Gasteiger partial charge on any atom is 0.318 e. The number of carbonyl (C=O) groups is 2. The zero-order valence-corrected chi connectivity index (χ0v) is 20.6. The molecule has 3 aliphatic rings. The Labute approximate surface area is 217 Å². The van der Waals surface area contributed by atoms with Crippen LogP contribution in [0.4, 0.5) is 11.4 Å². The Morgan fingerprint density at radius 3 is 2.05 bits per heavy atom. The van der Waals surface area contributed by atoms with E-state index in [0.717, 1.165) is 18.2 Å². The standard InChI is InChI=1S/C27H24N2O9/c1-2-36-24-13-15(9-11-21(24)37-20-12-10-16(28(32)33)14-17(20)29(34)35)25-26-18(30)5-3-7-22(26)38-23-8-4-6-19(31)27(23)25/h9-14,25H,2-8H2,1H3. The van der Waals surface area contributed by atoms with E-state index in [1.807, 2.05) is 0 Å². The maximum atomic E-state index is 13.0. The van der Waals surface area contributed by atoms with E-state index in [1.165, 1.54) is 0 Å². The highest BCUT2D eigenvalue weighted by Gasteiger charge is 2.42. The van der Waals surface area contributed by atoms with E-state index in [-0.39, 0.29) is 35.4 Å². The number of nitro benzene ring substituents is 2. The largest absolute Gasteiger partial charge is 0.490 e. The van der Waals surface area contributed by atoms with Crippen LogP contribution in [-0.4, -0.2) is 28.0 Å². The summed E-state index contributed by atoms with van der Waals surface area (Å²) in [5.41, 5.74) is 0.624. The predicted octanol–water partition coefficient (Wildman–Crippen LogP) is 5.82. The molecule has 0 bridgehead atoms. The van der Waals surface area contributed by atoms with Crippen molar-refractivity contribution in [2.24, 2.45) is 0 Å². The van der Waals surface area contributed by atoms with Gasteiger partial charge in [0.05, 0.1) is 22.5 Å². The fourth-order valence-electron chi connectivity index (χ4n) is 5.17. The number of rotatable bonds is 7. The molecule has 0 radical (unpaired) electrons. The normalized spacial score (nSPS) is 17.5. The summed E-state index contributed by atoms with van der Waals surface area (Å²) in [5, 5.41) is 22.7. The number of ketones is 2. The number of allylic oxidation sites excluding steroid dienone is 4. The first kappa shape index (κ1) is 25.1. The van der Waals surface area contributed by atoms with Crippen molar-refractivity contribution >= 4 is 22.9 Å². The van der Waals surface area contributed by atoms with Gasteiger partial charge >= 0.3 is 5.69 Å². The van der Waals surface area contributed by atoms with Crippen LogP contribution in [0.15, 0.2) is 59.1 Å². The minimum absolute atomic E-state index is 0.0547. The van der Waals surface area contributed by atoms with Crippen molar-refractivity contribution in [3.8, 4) is 17.2 Å². The van der Waals surface area contributed by atoms with Gasteiger partial charge in [0.25, 0.3) is 5.69 Å². The Bertz CT molecular complexity index is 1400. The summed E-state index contributed by atoms with van der Waals surface area (Å²) in [7, 11) is 0. The highest BCUT2D eigenvalue weighted by atomic mass is 16.6. The molecule has 2 aromatic rings. The maximum absolute atomic E-state index is 13.0. The fraction of sp³-hybridized carbons (Fsp3) is 0.333. The summed E-state index contributed by atoms with van der Waals surface area (Å²) in [6.45, 7) is 2.01. The first-order valence-electron chi connectivity index (χ1n) is 12.4. The Hall–Kier alpha value is -4.54. The van der Waals surface area contributed by atoms with Crippen molar-refractivity contribution in [3.63, 3.8) is 0 Å². The molecule has 0 aromatic heterocycles. The van der Waals surface area contributed by atoms with Crippen LogP contribution >= 0.6 is 0 Å². The molecular weight excluding hydrogens is 496 g/mol. The molecule has 0 unspecified atom stereocenters. The summed E-state index contributed by atoms with van der Waals surface area (Å²) in [6, 6.07) is 8.03. The van der Waals surface area contributed by atoms with Gasteiger partial charge in [0.1, 0.15) is 11.5 Å². The molecule has 0 fully saturated rings. The number of benzene rings is 2. The number of non-ortho nitro benzene ring substituents is 1. The molecule has 0 amide bonds. The lowest BCUT2D eigenvalue weighted by Gasteiger charge is -2.36. The zero-order chi connectivity index (χ0) is 27.0. The van der Waals surface area contributed by atoms with Gasteiger partial charge in [-0.05, 0) is 43.5 Å². The van der Waals surface area contributed by atoms with Gasteiger partial charge < -0.3 is 14.2 Å². The average molecular weight is 520 g/mol. The van der Waals surface area contributed by atoms with Crippen LogP contribution in [0.3, 0.4) is 0 Å². The van der Waals surface area contributed by atoms with Crippen LogP contribution in [0.25, 0.3) is 0 Å². The number of nitro groups is 2. The monoisotopic (exact) mass is 520 g/mol. The summed E-state index contributed by atoms with van der Waals surface area (Å²) >= 11 is 0. The lowest BCUT2D eigenvalue weighted by molar-refractivity contribution is -0.394. The first-order chi connectivity index (χ1) is 18.3. The molecule has 0 N–H and O–H groups in total. The van der Waals surface area contributed by atoms with E-state index in [1.54, 1.807) is 25.1 Å². The van der Waals surface area contributed by atoms with E-state index in [4.69, 9.17) is 14.2 Å². The molecule has 196 valence electrons. The molecule has 2 aliphatic carbocycles. The minimum Gasteiger partial charge on any atom is -0.490 e. The Balaban J connectivity index is 1.59. The van der Waals surface area contributed by atoms with E-state index < -0.39 is 27.1 Å². The van der Waals surface area contributed by atoms with Crippen molar-refractivity contribution in [1.82, 2.24) is 0 Å². The van der Waals surface area contributed by atoms with Gasteiger partial charge in [-0.3, -0.25) is 29.8 Å². The van der Waals surface area contributed by atoms with Crippen molar-refractivity contribution in [3.05, 3.63) is 84.9 Å². The molecule has 0 saturated heterocycles. The van der Waals surface area contributed by atoms with Crippen molar-refractivity contribution in [1.29, 1.82) is 0 Å². The van der Waals surface area contributed by atoms with Crippen LogP contribution < -0.4 is 9.47 Å². The third-order valence-corrected chi connectivity index (χ3v) is 6.81. The summed E-state index contributed by atoms with van der Waals surface area (Å²) in [6.07, 6.45) is 3.35. The molecule has 2 aromatic carbocycles. The number of nitrogens with zero attached hydrogens (tertiary/aromatic N) is 2. The Kier molecular flexibility index (Phi) is 6.66. The van der Waals surface area contributed by atoms with Crippen molar-refractivity contribution in [2.45, 2.75) is 51.4 Å². The molecule has 38 heavy (non-hydrogen) atoms. The number of hydrogen-bond donors (Lipinski definition) is 0. The third kappa shape index (κ3) is 4.51. The second kappa shape index (κ2) is 10.1. The fourth-order valence-corrected chi connectivity index (χ4v) is 5.17. The van der Waals surface area contributed by atoms with Gasteiger partial charge in [-0.25, -0.2) is 0 Å². The smallest absolute Gasteiger partial charge is 0.318 e. The molecular formula is C27H24N2O9. The van der Waals surface area contributed by atoms with Crippen LogP contribution in [0.2, 0.25) is 0 Å². The molecule has 1 heterocycles. The second-order valence-electron chi connectivity index (χ2n) is 9.17. The second-order valence-corrected chi connectivity index (χ2v) is 9.17. The topological polar surface area (TPSA) is 148 Å². The molecule has 0 saturated carbocycles. The molecule has 0 atom stereocenters. The molecule has 11 heteroatoms. The first-order valence-corrected chi connectivity index (χ1v) is 12.4. The van der Waals surface area contributed by atoms with Gasteiger partial charge in [-0.2, -0.15) is 0 Å². The SMILES string of the molecule is CCOc1cc(C2C3=C(CCCC3=O)OC3=C2C(=O)CCC3)ccc1Oc1ccc([N+](=O)[O-])cc1[N+](=O)[O-]. The van der Waals surface area contributed by atoms with E-state index in [0.29, 0.717) is 66.8 Å². The Morgan fingerprint density at radius 1 is 0.842 bits per heavy atom. The van der Waals surface area contributed by atoms with Crippen LogP contribution in [0.5, 0.6) is 17.2 Å². The van der Waals surface area contributed by atoms with Crippen LogP contribution in [0.1, 0.15) is 56.9 Å². The van der Waals surface area contributed by atoms with Gasteiger partial charge in [-0.1, -0.05) is 6.07 Å². The van der Waals surface area contributed by atoms with E-state index in [2.05, 4.69) is 0 Å². The third-order valence-electron chi connectivity index (χ3n) is 6.81. The molecule has 11 nitrogen and oxygen atoms in total. The summed E-state index contributed by atoms with van der Waals surface area (Å²) in [4.78, 5) is 47.3. The number of ether oxygens (including phenoxy) is 3.